The summed E-state index contributed by atoms with van der Waals surface area (Å²) in [6.07, 6.45) is 5.68. The second-order valence-corrected chi connectivity index (χ2v) is 7.13. The predicted molar refractivity (Wildman–Crippen MR) is 102 cm³/mol. The van der Waals surface area contributed by atoms with E-state index in [0.717, 1.165) is 24.6 Å². The van der Waals surface area contributed by atoms with Crippen molar-refractivity contribution in [3.63, 3.8) is 0 Å². The summed E-state index contributed by atoms with van der Waals surface area (Å²) in [7, 11) is 2.10. The van der Waals surface area contributed by atoms with Gasteiger partial charge in [-0.15, -0.1) is 0 Å². The van der Waals surface area contributed by atoms with Gasteiger partial charge in [-0.05, 0) is 63.7 Å². The Morgan fingerprint density at radius 2 is 2.04 bits per heavy atom. The van der Waals surface area contributed by atoms with Gasteiger partial charge in [0.05, 0.1) is 6.26 Å². The second-order valence-electron chi connectivity index (χ2n) is 7.13. The van der Waals surface area contributed by atoms with Gasteiger partial charge in [-0.25, -0.2) is 0 Å². The van der Waals surface area contributed by atoms with Crippen LogP contribution >= 0.6 is 0 Å². The first kappa shape index (κ1) is 18.9. The minimum absolute atomic E-state index is 0.0479. The lowest BCUT2D eigenvalue weighted by Gasteiger charge is -2.15. The molecule has 3 nitrogen and oxygen atoms in total. The number of allylic oxidation sites excluding steroid dienone is 1. The molecule has 0 unspecified atom stereocenters. The first-order chi connectivity index (χ1) is 11.9. The summed E-state index contributed by atoms with van der Waals surface area (Å²) >= 11 is 0. The number of rotatable bonds is 7. The second kappa shape index (κ2) is 9.15. The van der Waals surface area contributed by atoms with Gasteiger partial charge in [0, 0.05) is 18.5 Å². The van der Waals surface area contributed by atoms with Crippen molar-refractivity contribution in [3.05, 3.63) is 66.1 Å². The van der Waals surface area contributed by atoms with E-state index >= 15 is 0 Å². The molecule has 0 spiro atoms. The largest absolute Gasteiger partial charge is 0.486 e. The first-order valence-corrected chi connectivity index (χ1v) is 8.53. The van der Waals surface area contributed by atoms with Crippen molar-refractivity contribution in [2.45, 2.75) is 33.9 Å². The van der Waals surface area contributed by atoms with Crippen LogP contribution < -0.4 is 4.74 Å². The molecule has 0 saturated carbocycles. The van der Waals surface area contributed by atoms with Gasteiger partial charge < -0.3 is 9.15 Å². The van der Waals surface area contributed by atoms with Crippen LogP contribution in [-0.2, 0) is 13.2 Å². The molecule has 1 aromatic heterocycles. The highest BCUT2D eigenvalue weighted by Crippen LogP contribution is 2.16. The van der Waals surface area contributed by atoms with Crippen LogP contribution in [0.3, 0.4) is 0 Å². The molecule has 0 atom stereocenters. The fraction of sp³-hybridized carbons (Fsp3) is 0.364. The highest BCUT2D eigenvalue weighted by atomic mass is 16.5. The summed E-state index contributed by atoms with van der Waals surface area (Å²) in [6, 6.07) is 11.9. The van der Waals surface area contributed by atoms with Crippen LogP contribution in [0, 0.1) is 17.3 Å². The minimum atomic E-state index is 0.0479. The molecular weight excluding hydrogens is 310 g/mol. The summed E-state index contributed by atoms with van der Waals surface area (Å²) in [5.41, 5.74) is 1.26. The number of hydrogen-bond donors (Lipinski definition) is 0. The molecule has 0 amide bonds. The molecule has 0 bridgehead atoms. The maximum Gasteiger partial charge on any atom is 0.146 e. The van der Waals surface area contributed by atoms with Crippen molar-refractivity contribution in [2.24, 2.45) is 5.41 Å². The van der Waals surface area contributed by atoms with E-state index in [9.17, 15) is 0 Å². The van der Waals surface area contributed by atoms with Crippen LogP contribution in [0.4, 0.5) is 0 Å². The van der Waals surface area contributed by atoms with E-state index in [1.54, 1.807) is 6.26 Å². The Kier molecular flexibility index (Phi) is 6.91. The fourth-order valence-electron chi connectivity index (χ4n) is 2.21. The Labute approximate surface area is 151 Å². The summed E-state index contributed by atoms with van der Waals surface area (Å²) in [5, 5.41) is 0. The monoisotopic (exact) mass is 337 g/mol. The lowest BCUT2D eigenvalue weighted by molar-refractivity contribution is 0.269. The zero-order chi connectivity index (χ0) is 18.1. The van der Waals surface area contributed by atoms with Crippen LogP contribution in [0.15, 0.2) is 59.2 Å². The van der Waals surface area contributed by atoms with E-state index < -0.39 is 0 Å². The van der Waals surface area contributed by atoms with Crippen molar-refractivity contribution in [3.8, 4) is 17.6 Å². The molecule has 0 N–H and O–H groups in total. The Morgan fingerprint density at radius 3 is 2.76 bits per heavy atom. The molecule has 0 radical (unpaired) electrons. The Hall–Kier alpha value is -2.44. The van der Waals surface area contributed by atoms with Crippen molar-refractivity contribution in [2.75, 3.05) is 13.6 Å². The number of likely N-dealkylation sites (N-methyl/N-ethyl adjacent to an activating group) is 1. The molecular formula is C22H27NO2. The third kappa shape index (κ3) is 7.78. The van der Waals surface area contributed by atoms with Crippen molar-refractivity contribution >= 4 is 0 Å². The zero-order valence-corrected chi connectivity index (χ0v) is 15.6. The number of furan rings is 1. The van der Waals surface area contributed by atoms with E-state index in [2.05, 4.69) is 62.8 Å². The van der Waals surface area contributed by atoms with E-state index in [0.29, 0.717) is 6.61 Å². The average molecular weight is 337 g/mol. The van der Waals surface area contributed by atoms with Crippen LogP contribution in [-0.4, -0.2) is 18.5 Å². The SMILES string of the molecule is CN(CC=CC#CC(C)(C)C)Cc1cccc(OCc2ccco2)c1. The van der Waals surface area contributed by atoms with E-state index in [-0.39, 0.29) is 5.41 Å². The van der Waals surface area contributed by atoms with Crippen molar-refractivity contribution < 1.29 is 9.15 Å². The number of nitrogens with zero attached hydrogens (tertiary/aromatic N) is 1. The standard InChI is InChI=1S/C22H27NO2/c1-22(2,3)13-6-5-7-14-23(4)17-19-10-8-11-20(16-19)25-18-21-12-9-15-24-21/h5,7-12,15-16H,14,17-18H2,1-4H3. The zero-order valence-electron chi connectivity index (χ0n) is 15.6. The first-order valence-electron chi connectivity index (χ1n) is 8.53. The highest BCUT2D eigenvalue weighted by molar-refractivity contribution is 5.28. The summed E-state index contributed by atoms with van der Waals surface area (Å²) in [5.74, 6) is 7.98. The third-order valence-corrected chi connectivity index (χ3v) is 3.38. The van der Waals surface area contributed by atoms with E-state index in [1.165, 1.54) is 5.56 Å². The lowest BCUT2D eigenvalue weighted by atomic mass is 9.98. The number of benzene rings is 1. The lowest BCUT2D eigenvalue weighted by Crippen LogP contribution is -2.17. The van der Waals surface area contributed by atoms with Gasteiger partial charge in [0.25, 0.3) is 0 Å². The molecule has 0 saturated heterocycles. The average Bonchev–Trinajstić information content (AvgIpc) is 3.05. The van der Waals surface area contributed by atoms with Gasteiger partial charge >= 0.3 is 0 Å². The van der Waals surface area contributed by atoms with Crippen molar-refractivity contribution in [1.82, 2.24) is 4.90 Å². The van der Waals surface area contributed by atoms with Gasteiger partial charge in [-0.2, -0.15) is 0 Å². The molecule has 0 aliphatic rings. The maximum atomic E-state index is 5.77. The molecule has 2 rings (SSSR count). The molecule has 1 aromatic carbocycles. The molecule has 3 heteroatoms. The molecule has 25 heavy (non-hydrogen) atoms. The fourth-order valence-corrected chi connectivity index (χ4v) is 2.21. The highest BCUT2D eigenvalue weighted by Gasteiger charge is 2.03. The molecule has 1 heterocycles. The van der Waals surface area contributed by atoms with Crippen LogP contribution in [0.5, 0.6) is 5.75 Å². The number of ether oxygens (including phenoxy) is 1. The minimum Gasteiger partial charge on any atom is -0.486 e. The van der Waals surface area contributed by atoms with Gasteiger partial charge in [-0.1, -0.05) is 30.0 Å². The van der Waals surface area contributed by atoms with Gasteiger partial charge in [0.15, 0.2) is 0 Å². The van der Waals surface area contributed by atoms with E-state index in [1.807, 2.05) is 30.3 Å². The van der Waals surface area contributed by atoms with Crippen LogP contribution in [0.1, 0.15) is 32.1 Å². The molecule has 2 aromatic rings. The van der Waals surface area contributed by atoms with Crippen molar-refractivity contribution in [1.29, 1.82) is 0 Å². The molecule has 0 aliphatic carbocycles. The third-order valence-electron chi connectivity index (χ3n) is 3.38. The summed E-state index contributed by atoms with van der Waals surface area (Å²) in [4.78, 5) is 2.24. The maximum absolute atomic E-state index is 5.77. The Balaban J connectivity index is 1.81. The van der Waals surface area contributed by atoms with Crippen LogP contribution in [0.25, 0.3) is 0 Å². The predicted octanol–water partition coefficient (Wildman–Crippen LogP) is 4.90. The van der Waals surface area contributed by atoms with E-state index in [4.69, 9.17) is 9.15 Å². The van der Waals surface area contributed by atoms with Gasteiger partial charge in [0.1, 0.15) is 18.1 Å². The molecule has 0 aliphatic heterocycles. The topological polar surface area (TPSA) is 25.6 Å². The normalized spacial score (nSPS) is 11.6. The Morgan fingerprint density at radius 1 is 1.20 bits per heavy atom. The smallest absolute Gasteiger partial charge is 0.146 e. The van der Waals surface area contributed by atoms with Gasteiger partial charge in [0.2, 0.25) is 0 Å². The molecule has 0 fully saturated rings. The molecule has 132 valence electrons. The quantitative estimate of drug-likeness (QED) is 0.672. The summed E-state index contributed by atoms with van der Waals surface area (Å²) in [6.45, 7) is 8.50. The van der Waals surface area contributed by atoms with Gasteiger partial charge in [-0.3, -0.25) is 4.90 Å². The number of hydrogen-bond acceptors (Lipinski definition) is 3. The Bertz CT molecular complexity index is 727. The van der Waals surface area contributed by atoms with Crippen LogP contribution in [0.2, 0.25) is 0 Å². The summed E-state index contributed by atoms with van der Waals surface area (Å²) < 4.78 is 11.1.